The number of benzene rings is 1. The van der Waals surface area contributed by atoms with Crippen LogP contribution in [0.25, 0.3) is 0 Å². The first-order valence-corrected chi connectivity index (χ1v) is 3.55. The lowest BCUT2D eigenvalue weighted by molar-refractivity contribution is 0.281. The molecule has 13 heavy (non-hydrogen) atoms. The Morgan fingerprint density at radius 1 is 1.46 bits per heavy atom. The minimum Gasteiger partial charge on any atom is -0.409 e. The van der Waals surface area contributed by atoms with Gasteiger partial charge in [-0.05, 0) is 23.8 Å². The van der Waals surface area contributed by atoms with Gasteiger partial charge < -0.3 is 16.0 Å². The van der Waals surface area contributed by atoms with E-state index in [2.05, 4.69) is 5.16 Å². The lowest BCUT2D eigenvalue weighted by Gasteiger charge is -2.01. The van der Waals surface area contributed by atoms with Gasteiger partial charge in [0.25, 0.3) is 0 Å². The van der Waals surface area contributed by atoms with E-state index < -0.39 is 5.82 Å². The largest absolute Gasteiger partial charge is 0.409 e. The van der Waals surface area contributed by atoms with Gasteiger partial charge in [0.2, 0.25) is 0 Å². The zero-order valence-corrected chi connectivity index (χ0v) is 6.74. The molecule has 4 N–H and O–H groups in total. The fraction of sp³-hybridized carbons (Fsp3) is 0.125. The Bertz CT molecular complexity index is 339. The van der Waals surface area contributed by atoms with Crippen LogP contribution in [-0.2, 0) is 6.61 Å². The van der Waals surface area contributed by atoms with Crippen LogP contribution < -0.4 is 5.73 Å². The molecule has 5 heteroatoms. The molecule has 0 spiro atoms. The molecule has 0 radical (unpaired) electrons. The van der Waals surface area contributed by atoms with Gasteiger partial charge >= 0.3 is 0 Å². The number of oxime groups is 1. The van der Waals surface area contributed by atoms with E-state index in [1.807, 2.05) is 0 Å². The summed E-state index contributed by atoms with van der Waals surface area (Å²) in [5, 5.41) is 19.8. The van der Waals surface area contributed by atoms with Crippen LogP contribution in [0, 0.1) is 5.82 Å². The lowest BCUT2D eigenvalue weighted by atomic mass is 10.1. The number of halogens is 1. The molecule has 1 rings (SSSR count). The summed E-state index contributed by atoms with van der Waals surface area (Å²) in [5.74, 6) is -0.720. The molecule has 0 aromatic heterocycles. The number of nitrogens with two attached hydrogens (primary N) is 1. The number of rotatable bonds is 2. The molecule has 1 aromatic carbocycles. The van der Waals surface area contributed by atoms with E-state index in [1.54, 1.807) is 0 Å². The SMILES string of the molecule is N/C(=N/O)c1cc(F)cc(CO)c1. The molecule has 0 saturated carbocycles. The van der Waals surface area contributed by atoms with Gasteiger partial charge in [-0.3, -0.25) is 0 Å². The molecule has 0 saturated heterocycles. The standard InChI is InChI=1S/C8H9FN2O2/c9-7-2-5(4-12)1-6(3-7)8(10)11-13/h1-3,12-13H,4H2,(H2,10,11). The number of aliphatic hydroxyl groups is 1. The van der Waals surface area contributed by atoms with Crippen molar-refractivity contribution in [3.63, 3.8) is 0 Å². The fourth-order valence-electron chi connectivity index (χ4n) is 0.947. The Balaban J connectivity index is 3.16. The van der Waals surface area contributed by atoms with Gasteiger partial charge in [0.05, 0.1) is 6.61 Å². The zero-order chi connectivity index (χ0) is 9.84. The average Bonchev–Trinajstić information content (AvgIpc) is 2.15. The van der Waals surface area contributed by atoms with Crippen LogP contribution in [0.15, 0.2) is 23.4 Å². The van der Waals surface area contributed by atoms with Crippen molar-refractivity contribution in [2.75, 3.05) is 0 Å². The number of hydrogen-bond acceptors (Lipinski definition) is 3. The highest BCUT2D eigenvalue weighted by atomic mass is 19.1. The second kappa shape index (κ2) is 3.86. The Labute approximate surface area is 74.1 Å². The molecule has 0 aliphatic carbocycles. The minimum atomic E-state index is -0.534. The molecule has 0 unspecified atom stereocenters. The number of amidine groups is 1. The smallest absolute Gasteiger partial charge is 0.170 e. The van der Waals surface area contributed by atoms with Gasteiger partial charge in [-0.2, -0.15) is 0 Å². The Hall–Kier alpha value is -1.62. The molecular weight excluding hydrogens is 175 g/mol. The van der Waals surface area contributed by atoms with E-state index in [9.17, 15) is 4.39 Å². The molecule has 0 amide bonds. The molecule has 0 heterocycles. The van der Waals surface area contributed by atoms with Gasteiger partial charge in [0.15, 0.2) is 5.84 Å². The number of hydrogen-bond donors (Lipinski definition) is 3. The highest BCUT2D eigenvalue weighted by Gasteiger charge is 2.03. The second-order valence-corrected chi connectivity index (χ2v) is 2.49. The van der Waals surface area contributed by atoms with E-state index in [-0.39, 0.29) is 18.0 Å². The maximum atomic E-state index is 12.8. The fourth-order valence-corrected chi connectivity index (χ4v) is 0.947. The minimum absolute atomic E-state index is 0.186. The summed E-state index contributed by atoms with van der Waals surface area (Å²) in [6.07, 6.45) is 0. The van der Waals surface area contributed by atoms with Crippen molar-refractivity contribution in [1.82, 2.24) is 0 Å². The monoisotopic (exact) mass is 184 g/mol. The van der Waals surface area contributed by atoms with Gasteiger partial charge in [-0.1, -0.05) is 5.16 Å². The third-order valence-corrected chi connectivity index (χ3v) is 1.54. The van der Waals surface area contributed by atoms with Crippen molar-refractivity contribution < 1.29 is 14.7 Å². The third kappa shape index (κ3) is 2.16. The Morgan fingerprint density at radius 3 is 2.69 bits per heavy atom. The Morgan fingerprint density at radius 2 is 2.15 bits per heavy atom. The average molecular weight is 184 g/mol. The van der Waals surface area contributed by atoms with Crippen LogP contribution in [-0.4, -0.2) is 16.1 Å². The second-order valence-electron chi connectivity index (χ2n) is 2.49. The predicted octanol–water partition coefficient (Wildman–Crippen LogP) is 0.413. The van der Waals surface area contributed by atoms with Crippen molar-refractivity contribution in [1.29, 1.82) is 0 Å². The van der Waals surface area contributed by atoms with Crippen molar-refractivity contribution in [2.24, 2.45) is 10.9 Å². The van der Waals surface area contributed by atoms with Crippen molar-refractivity contribution in [3.8, 4) is 0 Å². The molecular formula is C8H9FN2O2. The third-order valence-electron chi connectivity index (χ3n) is 1.54. The van der Waals surface area contributed by atoms with Crippen LogP contribution in [0.4, 0.5) is 4.39 Å². The van der Waals surface area contributed by atoms with E-state index in [4.69, 9.17) is 16.0 Å². The maximum absolute atomic E-state index is 12.8. The molecule has 0 fully saturated rings. The summed E-state index contributed by atoms with van der Waals surface area (Å²) in [7, 11) is 0. The topological polar surface area (TPSA) is 78.8 Å². The van der Waals surface area contributed by atoms with Crippen molar-refractivity contribution >= 4 is 5.84 Å². The summed E-state index contributed by atoms with van der Waals surface area (Å²) >= 11 is 0. The van der Waals surface area contributed by atoms with E-state index >= 15 is 0 Å². The molecule has 0 aliphatic heterocycles. The predicted molar refractivity (Wildman–Crippen MR) is 44.8 cm³/mol. The molecule has 0 aliphatic rings. The first-order valence-electron chi connectivity index (χ1n) is 3.55. The number of aliphatic hydroxyl groups excluding tert-OH is 1. The summed E-state index contributed by atoms with van der Waals surface area (Å²) in [6, 6.07) is 3.74. The van der Waals surface area contributed by atoms with Gasteiger partial charge in [-0.15, -0.1) is 0 Å². The first-order chi connectivity index (χ1) is 6.17. The maximum Gasteiger partial charge on any atom is 0.170 e. The van der Waals surface area contributed by atoms with Crippen LogP contribution in [0.3, 0.4) is 0 Å². The zero-order valence-electron chi connectivity index (χ0n) is 6.74. The molecule has 70 valence electrons. The van der Waals surface area contributed by atoms with Gasteiger partial charge in [-0.25, -0.2) is 4.39 Å². The van der Waals surface area contributed by atoms with Gasteiger partial charge in [0.1, 0.15) is 5.82 Å². The molecule has 0 bridgehead atoms. The summed E-state index contributed by atoms with van der Waals surface area (Å²) < 4.78 is 12.8. The molecule has 1 aromatic rings. The van der Waals surface area contributed by atoms with Gasteiger partial charge in [0, 0.05) is 5.56 Å². The molecule has 0 atom stereocenters. The molecule has 4 nitrogen and oxygen atoms in total. The quantitative estimate of drug-likeness (QED) is 0.269. The normalized spacial score (nSPS) is 11.7. The van der Waals surface area contributed by atoms with Crippen LogP contribution in [0.2, 0.25) is 0 Å². The van der Waals surface area contributed by atoms with Crippen LogP contribution >= 0.6 is 0 Å². The first kappa shape index (κ1) is 9.47. The lowest BCUT2D eigenvalue weighted by Crippen LogP contribution is -2.13. The highest BCUT2D eigenvalue weighted by molar-refractivity contribution is 5.97. The summed E-state index contributed by atoms with van der Waals surface area (Å²) in [4.78, 5) is 0. The van der Waals surface area contributed by atoms with E-state index in [0.717, 1.165) is 6.07 Å². The van der Waals surface area contributed by atoms with E-state index in [1.165, 1.54) is 12.1 Å². The highest BCUT2D eigenvalue weighted by Crippen LogP contribution is 2.08. The Kier molecular flexibility index (Phi) is 2.81. The van der Waals surface area contributed by atoms with Crippen LogP contribution in [0.1, 0.15) is 11.1 Å². The van der Waals surface area contributed by atoms with E-state index in [0.29, 0.717) is 5.56 Å². The van der Waals surface area contributed by atoms with Crippen LogP contribution in [0.5, 0.6) is 0 Å². The van der Waals surface area contributed by atoms with Crippen molar-refractivity contribution in [3.05, 3.63) is 35.1 Å². The number of nitrogens with zero attached hydrogens (tertiary/aromatic N) is 1. The summed E-state index contributed by atoms with van der Waals surface area (Å²) in [5.41, 5.74) is 5.86. The van der Waals surface area contributed by atoms with Crippen molar-refractivity contribution in [2.45, 2.75) is 6.61 Å². The summed E-state index contributed by atoms with van der Waals surface area (Å²) in [6.45, 7) is -0.288.